The highest BCUT2D eigenvalue weighted by Crippen LogP contribution is 2.07. The van der Waals surface area contributed by atoms with Crippen LogP contribution in [0.15, 0.2) is 10.9 Å². The molecule has 0 atom stereocenters. The van der Waals surface area contributed by atoms with Crippen LogP contribution in [0.25, 0.3) is 0 Å². The van der Waals surface area contributed by atoms with E-state index in [9.17, 15) is 4.79 Å². The molecule has 1 rings (SSSR count). The molecule has 0 spiro atoms. The zero-order chi connectivity index (χ0) is 12.7. The van der Waals surface area contributed by atoms with Crippen LogP contribution in [0.2, 0.25) is 0 Å². The second-order valence-corrected chi connectivity index (χ2v) is 4.73. The molecule has 3 nitrogen and oxygen atoms in total. The van der Waals surface area contributed by atoms with Gasteiger partial charge in [0.1, 0.15) is 4.51 Å². The largest absolute Gasteiger partial charge is 0.384 e. The summed E-state index contributed by atoms with van der Waals surface area (Å²) >= 11 is 4.91. The van der Waals surface area contributed by atoms with E-state index in [4.69, 9.17) is 12.2 Å². The Morgan fingerprint density at radius 2 is 2.06 bits per heavy atom. The number of nitrogens with zero attached hydrogens (tertiary/aromatic N) is 1. The van der Waals surface area contributed by atoms with Crippen LogP contribution in [0.4, 0.5) is 5.69 Å². The Kier molecular flexibility index (Phi) is 6.37. The van der Waals surface area contributed by atoms with Crippen LogP contribution in [0.5, 0.6) is 0 Å². The first kappa shape index (κ1) is 14.3. The van der Waals surface area contributed by atoms with E-state index in [0.29, 0.717) is 4.51 Å². The van der Waals surface area contributed by atoms with Gasteiger partial charge in [-0.15, -0.1) is 0 Å². The first-order valence-electron chi connectivity index (χ1n) is 6.45. The first-order chi connectivity index (χ1) is 8.19. The quantitative estimate of drug-likeness (QED) is 0.542. The van der Waals surface area contributed by atoms with Crippen LogP contribution in [0.1, 0.15) is 33.1 Å². The van der Waals surface area contributed by atoms with E-state index in [1.807, 2.05) is 0 Å². The van der Waals surface area contributed by atoms with Gasteiger partial charge in [-0.1, -0.05) is 26.1 Å². The fraction of sp³-hybridized carbons (Fsp3) is 0.692. The standard InChI is InChI=1S/C13H22N2OS/c1-3-8-15(4-2)9-6-5-7-14-11-10-12(16)13(11)17/h10,14H,3-9H2,1-2H3. The van der Waals surface area contributed by atoms with E-state index in [0.717, 1.165) is 31.7 Å². The van der Waals surface area contributed by atoms with Crippen LogP contribution in [0, 0.1) is 4.51 Å². The minimum absolute atomic E-state index is 0.0115. The van der Waals surface area contributed by atoms with Crippen molar-refractivity contribution in [1.82, 2.24) is 4.90 Å². The predicted molar refractivity (Wildman–Crippen MR) is 76.0 cm³/mol. The Bertz CT molecular complexity index is 396. The van der Waals surface area contributed by atoms with Crippen molar-refractivity contribution in [2.24, 2.45) is 0 Å². The Labute approximate surface area is 109 Å². The van der Waals surface area contributed by atoms with Crippen molar-refractivity contribution in [2.45, 2.75) is 33.1 Å². The maximum Gasteiger partial charge on any atom is 0.200 e. The van der Waals surface area contributed by atoms with E-state index >= 15 is 0 Å². The summed E-state index contributed by atoms with van der Waals surface area (Å²) in [6.45, 7) is 8.80. The van der Waals surface area contributed by atoms with Gasteiger partial charge in [0.05, 0.1) is 5.69 Å². The van der Waals surface area contributed by atoms with Crippen molar-refractivity contribution in [3.8, 4) is 0 Å². The summed E-state index contributed by atoms with van der Waals surface area (Å²) in [5.41, 5.74) is 0.841. The van der Waals surface area contributed by atoms with Crippen molar-refractivity contribution in [3.63, 3.8) is 0 Å². The Morgan fingerprint density at radius 3 is 2.59 bits per heavy atom. The molecule has 0 bridgehead atoms. The van der Waals surface area contributed by atoms with Crippen LogP contribution in [0.3, 0.4) is 0 Å². The maximum absolute atomic E-state index is 10.9. The molecule has 0 heterocycles. The third-order valence-corrected chi connectivity index (χ3v) is 3.37. The van der Waals surface area contributed by atoms with Gasteiger partial charge in [0.25, 0.3) is 0 Å². The molecule has 1 aromatic rings. The van der Waals surface area contributed by atoms with Crippen LogP contribution < -0.4 is 10.7 Å². The van der Waals surface area contributed by atoms with Crippen molar-refractivity contribution < 1.29 is 0 Å². The van der Waals surface area contributed by atoms with Gasteiger partial charge in [0.15, 0.2) is 0 Å². The lowest BCUT2D eigenvalue weighted by molar-refractivity contribution is 0.283. The van der Waals surface area contributed by atoms with E-state index in [1.54, 1.807) is 6.07 Å². The molecule has 0 aromatic heterocycles. The molecule has 0 saturated heterocycles. The molecule has 17 heavy (non-hydrogen) atoms. The molecule has 0 aliphatic rings. The molecule has 1 N–H and O–H groups in total. The SMILES string of the molecule is CCCN(CC)CCCCNc1cc(=O)c1=S. The molecule has 0 saturated carbocycles. The third-order valence-electron chi connectivity index (χ3n) is 2.95. The molecule has 0 amide bonds. The van der Waals surface area contributed by atoms with Gasteiger partial charge < -0.3 is 10.2 Å². The summed E-state index contributed by atoms with van der Waals surface area (Å²) in [5.74, 6) is 0. The van der Waals surface area contributed by atoms with Gasteiger partial charge in [-0.25, -0.2) is 0 Å². The molecule has 4 heteroatoms. The van der Waals surface area contributed by atoms with Crippen molar-refractivity contribution in [1.29, 1.82) is 0 Å². The lowest BCUT2D eigenvalue weighted by atomic mass is 10.2. The Morgan fingerprint density at radius 1 is 1.29 bits per heavy atom. The first-order valence-corrected chi connectivity index (χ1v) is 6.86. The normalized spacial score (nSPS) is 11.2. The lowest BCUT2D eigenvalue weighted by Crippen LogP contribution is -2.25. The summed E-state index contributed by atoms with van der Waals surface area (Å²) in [6, 6.07) is 1.58. The van der Waals surface area contributed by atoms with E-state index < -0.39 is 0 Å². The molecule has 1 aromatic carbocycles. The second-order valence-electron chi connectivity index (χ2n) is 4.32. The third kappa shape index (κ3) is 4.56. The van der Waals surface area contributed by atoms with E-state index in [-0.39, 0.29) is 5.43 Å². The summed E-state index contributed by atoms with van der Waals surface area (Å²) in [5, 5.41) is 3.20. The van der Waals surface area contributed by atoms with Gasteiger partial charge >= 0.3 is 0 Å². The zero-order valence-corrected chi connectivity index (χ0v) is 11.6. The predicted octanol–water partition coefficient (Wildman–Crippen LogP) is 2.58. The molecule has 0 aliphatic carbocycles. The summed E-state index contributed by atoms with van der Waals surface area (Å²) in [6.07, 6.45) is 3.53. The Hall–Kier alpha value is -0.740. The Balaban J connectivity index is 2.07. The van der Waals surface area contributed by atoms with Crippen molar-refractivity contribution >= 4 is 17.9 Å². The van der Waals surface area contributed by atoms with Gasteiger partial charge in [-0.3, -0.25) is 4.79 Å². The van der Waals surface area contributed by atoms with Crippen LogP contribution in [-0.4, -0.2) is 31.1 Å². The molecular formula is C13H22N2OS. The van der Waals surface area contributed by atoms with E-state index in [1.165, 1.54) is 19.4 Å². The monoisotopic (exact) mass is 254 g/mol. The molecule has 0 aliphatic heterocycles. The molecule has 0 unspecified atom stereocenters. The number of anilines is 1. The molecule has 0 radical (unpaired) electrons. The lowest BCUT2D eigenvalue weighted by Gasteiger charge is -2.19. The fourth-order valence-corrected chi connectivity index (χ4v) is 2.07. The topological polar surface area (TPSA) is 32.3 Å². The number of hydrogen-bond acceptors (Lipinski definition) is 4. The summed E-state index contributed by atoms with van der Waals surface area (Å²) in [7, 11) is 0. The van der Waals surface area contributed by atoms with Gasteiger partial charge in [-0.2, -0.15) is 0 Å². The van der Waals surface area contributed by atoms with Gasteiger partial charge in [-0.05, 0) is 38.9 Å². The van der Waals surface area contributed by atoms with E-state index in [2.05, 4.69) is 24.1 Å². The smallest absolute Gasteiger partial charge is 0.200 e. The number of nitrogens with one attached hydrogen (secondary N) is 1. The summed E-state index contributed by atoms with van der Waals surface area (Å²) < 4.78 is 0.464. The summed E-state index contributed by atoms with van der Waals surface area (Å²) in [4.78, 5) is 13.3. The fourth-order valence-electron chi connectivity index (χ4n) is 1.88. The highest BCUT2D eigenvalue weighted by molar-refractivity contribution is 7.71. The average Bonchev–Trinajstić information content (AvgIpc) is 2.35. The maximum atomic E-state index is 10.9. The number of hydrogen-bond donors (Lipinski definition) is 1. The minimum atomic E-state index is -0.0115. The highest BCUT2D eigenvalue weighted by atomic mass is 32.1. The molecule has 0 fully saturated rings. The van der Waals surface area contributed by atoms with Crippen LogP contribution >= 0.6 is 12.2 Å². The van der Waals surface area contributed by atoms with Crippen LogP contribution in [-0.2, 0) is 0 Å². The second kappa shape index (κ2) is 7.56. The van der Waals surface area contributed by atoms with Crippen molar-refractivity contribution in [2.75, 3.05) is 31.5 Å². The van der Waals surface area contributed by atoms with Gasteiger partial charge in [0, 0.05) is 12.6 Å². The van der Waals surface area contributed by atoms with Gasteiger partial charge in [0.2, 0.25) is 5.43 Å². The average molecular weight is 254 g/mol. The highest BCUT2D eigenvalue weighted by Gasteiger charge is 2.04. The van der Waals surface area contributed by atoms with Crippen molar-refractivity contribution in [3.05, 3.63) is 20.8 Å². The molecular weight excluding hydrogens is 232 g/mol. The zero-order valence-electron chi connectivity index (χ0n) is 10.8. The minimum Gasteiger partial charge on any atom is -0.384 e. The number of rotatable bonds is 9. The molecule has 96 valence electrons. The number of unbranched alkanes of at least 4 members (excludes halogenated alkanes) is 1.